The molecule has 2 nitrogen and oxygen atoms in total. The van der Waals surface area contributed by atoms with Gasteiger partial charge in [0.2, 0.25) is 0 Å². The quantitative estimate of drug-likeness (QED) is 0.448. The van der Waals surface area contributed by atoms with Crippen LogP contribution in [0.4, 0.5) is 0 Å². The van der Waals surface area contributed by atoms with Gasteiger partial charge in [0.25, 0.3) is 0 Å². The van der Waals surface area contributed by atoms with E-state index in [1.807, 2.05) is 6.92 Å². The summed E-state index contributed by atoms with van der Waals surface area (Å²) in [5.41, 5.74) is 7.79. The van der Waals surface area contributed by atoms with Gasteiger partial charge in [-0.05, 0) is 43.9 Å². The molecule has 1 aromatic carbocycles. The van der Waals surface area contributed by atoms with Gasteiger partial charge in [-0.1, -0.05) is 30.4 Å². The fraction of sp³-hybridized carbons (Fsp3) is 0.385. The van der Waals surface area contributed by atoms with Crippen molar-refractivity contribution < 1.29 is 0 Å². The summed E-state index contributed by atoms with van der Waals surface area (Å²) in [5.74, 6) is 5.48. The maximum absolute atomic E-state index is 5.48. The second-order valence-electron chi connectivity index (χ2n) is 4.19. The highest BCUT2D eigenvalue weighted by Crippen LogP contribution is 2.13. The van der Waals surface area contributed by atoms with E-state index in [-0.39, 0.29) is 6.04 Å². The summed E-state index contributed by atoms with van der Waals surface area (Å²) in [6.07, 6.45) is 0.896. The minimum Gasteiger partial charge on any atom is -0.271 e. The molecule has 1 atom stereocenters. The summed E-state index contributed by atoms with van der Waals surface area (Å²) in [6.45, 7) is 10.2. The monoisotopic (exact) mass is 204 g/mol. The zero-order valence-corrected chi connectivity index (χ0v) is 9.80. The predicted molar refractivity (Wildman–Crippen MR) is 65.5 cm³/mol. The second kappa shape index (κ2) is 5.10. The Hall–Kier alpha value is -1.12. The summed E-state index contributed by atoms with van der Waals surface area (Å²) >= 11 is 0. The lowest BCUT2D eigenvalue weighted by Gasteiger charge is -2.16. The first-order valence-electron chi connectivity index (χ1n) is 5.22. The van der Waals surface area contributed by atoms with Crippen LogP contribution in [0.15, 0.2) is 30.4 Å². The number of nitrogens with one attached hydrogen (secondary N) is 1. The first-order chi connectivity index (χ1) is 7.04. The summed E-state index contributed by atoms with van der Waals surface area (Å²) in [5, 5.41) is 0. The topological polar surface area (TPSA) is 38.0 Å². The molecule has 0 amide bonds. The molecular formula is C13H20N2. The Morgan fingerprint density at radius 1 is 1.40 bits per heavy atom. The van der Waals surface area contributed by atoms with Crippen LogP contribution in [-0.4, -0.2) is 6.04 Å². The summed E-state index contributed by atoms with van der Waals surface area (Å²) < 4.78 is 0. The van der Waals surface area contributed by atoms with Crippen molar-refractivity contribution in [1.29, 1.82) is 0 Å². The van der Waals surface area contributed by atoms with E-state index in [1.165, 1.54) is 16.7 Å². The number of nitrogens with two attached hydrogens (primary N) is 1. The Labute approximate surface area is 92.2 Å². The molecule has 0 saturated heterocycles. The third kappa shape index (κ3) is 3.18. The van der Waals surface area contributed by atoms with Crippen molar-refractivity contribution in [3.63, 3.8) is 0 Å². The molecule has 0 aliphatic rings. The van der Waals surface area contributed by atoms with Gasteiger partial charge in [-0.15, -0.1) is 0 Å². The number of benzene rings is 1. The van der Waals surface area contributed by atoms with E-state index >= 15 is 0 Å². The van der Waals surface area contributed by atoms with Crippen molar-refractivity contribution in [3.05, 3.63) is 47.0 Å². The van der Waals surface area contributed by atoms with Gasteiger partial charge in [-0.3, -0.25) is 11.3 Å². The van der Waals surface area contributed by atoms with Gasteiger partial charge in [0.15, 0.2) is 0 Å². The van der Waals surface area contributed by atoms with Crippen LogP contribution >= 0.6 is 0 Å². The minimum absolute atomic E-state index is 0.159. The van der Waals surface area contributed by atoms with Crippen LogP contribution in [0, 0.1) is 13.8 Å². The van der Waals surface area contributed by atoms with Crippen molar-refractivity contribution in [2.45, 2.75) is 33.2 Å². The minimum atomic E-state index is 0.159. The molecule has 0 fully saturated rings. The van der Waals surface area contributed by atoms with Crippen LogP contribution in [0.1, 0.15) is 23.6 Å². The van der Waals surface area contributed by atoms with E-state index in [4.69, 9.17) is 5.84 Å². The van der Waals surface area contributed by atoms with E-state index in [0.717, 1.165) is 12.0 Å². The number of hydrogen-bond acceptors (Lipinski definition) is 2. The lowest BCUT2D eigenvalue weighted by atomic mass is 9.98. The lowest BCUT2D eigenvalue weighted by Crippen LogP contribution is -2.37. The average Bonchev–Trinajstić information content (AvgIpc) is 2.19. The highest BCUT2D eigenvalue weighted by molar-refractivity contribution is 5.31. The van der Waals surface area contributed by atoms with Gasteiger partial charge >= 0.3 is 0 Å². The van der Waals surface area contributed by atoms with Gasteiger partial charge in [-0.25, -0.2) is 0 Å². The average molecular weight is 204 g/mol. The van der Waals surface area contributed by atoms with E-state index in [0.29, 0.717) is 0 Å². The van der Waals surface area contributed by atoms with E-state index in [2.05, 4.69) is 44.1 Å². The van der Waals surface area contributed by atoms with Crippen LogP contribution in [0.25, 0.3) is 0 Å². The standard InChI is InChI=1S/C13H20N2/c1-9(2)13(15-14)8-12-6-5-10(3)11(4)7-12/h5-7,13,15H,1,8,14H2,2-4H3. The van der Waals surface area contributed by atoms with Crippen molar-refractivity contribution in [2.75, 3.05) is 0 Å². The molecular weight excluding hydrogens is 184 g/mol. The number of aryl methyl sites for hydroxylation is 2. The van der Waals surface area contributed by atoms with Crippen molar-refractivity contribution in [2.24, 2.45) is 5.84 Å². The predicted octanol–water partition coefficient (Wildman–Crippen LogP) is 2.25. The molecule has 1 aromatic rings. The molecule has 0 saturated carbocycles. The third-order valence-electron chi connectivity index (χ3n) is 2.81. The van der Waals surface area contributed by atoms with Crippen LogP contribution in [0.2, 0.25) is 0 Å². The van der Waals surface area contributed by atoms with Gasteiger partial charge in [0.05, 0.1) is 0 Å². The van der Waals surface area contributed by atoms with Gasteiger partial charge < -0.3 is 0 Å². The smallest absolute Gasteiger partial charge is 0.0454 e. The molecule has 0 aliphatic heterocycles. The molecule has 1 rings (SSSR count). The first-order valence-corrected chi connectivity index (χ1v) is 5.22. The lowest BCUT2D eigenvalue weighted by molar-refractivity contribution is 0.591. The molecule has 1 unspecified atom stereocenters. The molecule has 0 bridgehead atoms. The molecule has 0 spiro atoms. The number of hydrogen-bond donors (Lipinski definition) is 2. The van der Waals surface area contributed by atoms with Crippen LogP contribution in [0.5, 0.6) is 0 Å². The second-order valence-corrected chi connectivity index (χ2v) is 4.19. The van der Waals surface area contributed by atoms with Crippen molar-refractivity contribution in [3.8, 4) is 0 Å². The van der Waals surface area contributed by atoms with Crippen molar-refractivity contribution in [1.82, 2.24) is 5.43 Å². The maximum atomic E-state index is 5.48. The summed E-state index contributed by atoms with van der Waals surface area (Å²) in [4.78, 5) is 0. The molecule has 0 aromatic heterocycles. The first kappa shape index (κ1) is 12.0. The van der Waals surface area contributed by atoms with Gasteiger partial charge in [-0.2, -0.15) is 0 Å². The zero-order chi connectivity index (χ0) is 11.4. The largest absolute Gasteiger partial charge is 0.271 e. The summed E-state index contributed by atoms with van der Waals surface area (Å²) in [6, 6.07) is 6.67. The molecule has 0 aliphatic carbocycles. The fourth-order valence-corrected chi connectivity index (χ4v) is 1.54. The highest BCUT2D eigenvalue weighted by atomic mass is 15.2. The number of hydrazine groups is 1. The van der Waals surface area contributed by atoms with E-state index in [9.17, 15) is 0 Å². The van der Waals surface area contributed by atoms with E-state index in [1.54, 1.807) is 0 Å². The normalized spacial score (nSPS) is 12.5. The Bertz CT molecular complexity index is 356. The van der Waals surface area contributed by atoms with Gasteiger partial charge in [0.1, 0.15) is 0 Å². The molecule has 3 N–H and O–H groups in total. The maximum Gasteiger partial charge on any atom is 0.0454 e. The van der Waals surface area contributed by atoms with Gasteiger partial charge in [0, 0.05) is 6.04 Å². The fourth-order valence-electron chi connectivity index (χ4n) is 1.54. The van der Waals surface area contributed by atoms with Crippen LogP contribution < -0.4 is 11.3 Å². The Morgan fingerprint density at radius 2 is 2.07 bits per heavy atom. The zero-order valence-electron chi connectivity index (χ0n) is 9.80. The van der Waals surface area contributed by atoms with Crippen LogP contribution in [0.3, 0.4) is 0 Å². The molecule has 15 heavy (non-hydrogen) atoms. The molecule has 0 heterocycles. The third-order valence-corrected chi connectivity index (χ3v) is 2.81. The van der Waals surface area contributed by atoms with Crippen LogP contribution in [-0.2, 0) is 6.42 Å². The Kier molecular flexibility index (Phi) is 4.06. The highest BCUT2D eigenvalue weighted by Gasteiger charge is 2.08. The SMILES string of the molecule is C=C(C)C(Cc1ccc(C)c(C)c1)NN. The summed E-state index contributed by atoms with van der Waals surface area (Å²) in [7, 11) is 0. The molecule has 82 valence electrons. The molecule has 0 radical (unpaired) electrons. The van der Waals surface area contributed by atoms with Crippen molar-refractivity contribution >= 4 is 0 Å². The molecule has 2 heteroatoms. The van der Waals surface area contributed by atoms with E-state index < -0.39 is 0 Å². The Morgan fingerprint density at radius 3 is 2.53 bits per heavy atom. The number of rotatable bonds is 4. The Balaban J connectivity index is 2.80.